The molecule has 0 aliphatic heterocycles. The van der Waals surface area contributed by atoms with Gasteiger partial charge in [-0.25, -0.2) is 4.39 Å². The molecule has 0 radical (unpaired) electrons. The summed E-state index contributed by atoms with van der Waals surface area (Å²) in [6.45, 7) is 2.15. The average molecular weight is 199 g/mol. The van der Waals surface area contributed by atoms with Gasteiger partial charge in [-0.1, -0.05) is 12.1 Å². The first-order valence-corrected chi connectivity index (χ1v) is 4.45. The molecule has 1 aromatic carbocycles. The van der Waals surface area contributed by atoms with Gasteiger partial charge in [-0.15, -0.1) is 0 Å². The normalized spacial score (nSPS) is 12.8. The first kappa shape index (κ1) is 10.9. The van der Waals surface area contributed by atoms with Gasteiger partial charge in [-0.05, 0) is 13.0 Å². The van der Waals surface area contributed by atoms with Gasteiger partial charge in [-0.3, -0.25) is 0 Å². The molecule has 1 rings (SSSR count). The van der Waals surface area contributed by atoms with E-state index >= 15 is 0 Å². The number of hydrogen-bond donors (Lipinski definition) is 3. The molecular weight excluding hydrogens is 185 g/mol. The maximum atomic E-state index is 12.9. The zero-order chi connectivity index (χ0) is 10.6. The highest BCUT2D eigenvalue weighted by Gasteiger charge is 2.06. The highest BCUT2D eigenvalue weighted by molar-refractivity contribution is 5.33. The van der Waals surface area contributed by atoms with Crippen LogP contribution in [0.15, 0.2) is 18.2 Å². The van der Waals surface area contributed by atoms with Gasteiger partial charge in [-0.2, -0.15) is 0 Å². The van der Waals surface area contributed by atoms with E-state index in [4.69, 9.17) is 5.11 Å². The van der Waals surface area contributed by atoms with Crippen molar-refractivity contribution < 1.29 is 14.6 Å². The lowest BCUT2D eigenvalue weighted by Crippen LogP contribution is -2.28. The Bertz CT molecular complexity index is 304. The molecule has 0 spiro atoms. The molecule has 1 unspecified atom stereocenters. The molecule has 1 aromatic rings. The zero-order valence-electron chi connectivity index (χ0n) is 8.00. The summed E-state index contributed by atoms with van der Waals surface area (Å²) in [6.07, 6.45) is 0. The van der Waals surface area contributed by atoms with E-state index in [1.165, 1.54) is 12.1 Å². The van der Waals surface area contributed by atoms with Crippen LogP contribution < -0.4 is 5.32 Å². The molecule has 0 saturated carbocycles. The van der Waals surface area contributed by atoms with Gasteiger partial charge in [0.2, 0.25) is 0 Å². The van der Waals surface area contributed by atoms with Crippen LogP contribution in [-0.2, 0) is 6.54 Å². The molecule has 78 valence electrons. The van der Waals surface area contributed by atoms with E-state index in [1.54, 1.807) is 13.0 Å². The van der Waals surface area contributed by atoms with Gasteiger partial charge < -0.3 is 15.5 Å². The Balaban J connectivity index is 2.63. The molecular formula is C10H14FNO2. The highest BCUT2D eigenvalue weighted by atomic mass is 19.1. The van der Waals surface area contributed by atoms with E-state index in [2.05, 4.69) is 5.32 Å². The predicted molar refractivity (Wildman–Crippen MR) is 51.5 cm³/mol. The largest absolute Gasteiger partial charge is 0.505 e. The van der Waals surface area contributed by atoms with Gasteiger partial charge in [0.1, 0.15) is 0 Å². The molecule has 0 saturated heterocycles. The lowest BCUT2D eigenvalue weighted by molar-refractivity contribution is 0.250. The highest BCUT2D eigenvalue weighted by Crippen LogP contribution is 2.20. The third-order valence-electron chi connectivity index (χ3n) is 1.99. The van der Waals surface area contributed by atoms with E-state index in [0.717, 1.165) is 0 Å². The fraction of sp³-hybridized carbons (Fsp3) is 0.400. The molecule has 3 N–H and O–H groups in total. The van der Waals surface area contributed by atoms with Crippen molar-refractivity contribution in [1.82, 2.24) is 5.32 Å². The van der Waals surface area contributed by atoms with Crippen LogP contribution in [0, 0.1) is 5.82 Å². The van der Waals surface area contributed by atoms with Gasteiger partial charge in [0.15, 0.2) is 11.6 Å². The summed E-state index contributed by atoms with van der Waals surface area (Å²) >= 11 is 0. The minimum atomic E-state index is -0.624. The third-order valence-corrected chi connectivity index (χ3v) is 1.99. The number of para-hydroxylation sites is 1. The number of hydrogen-bond acceptors (Lipinski definition) is 3. The van der Waals surface area contributed by atoms with E-state index in [-0.39, 0.29) is 18.4 Å². The number of aliphatic hydroxyl groups is 1. The Morgan fingerprint density at radius 2 is 2.21 bits per heavy atom. The Labute approximate surface area is 82.2 Å². The number of benzene rings is 1. The molecule has 0 heterocycles. The predicted octanol–water partition coefficient (Wildman–Crippen LogP) is 1.00. The molecule has 0 aliphatic rings. The van der Waals surface area contributed by atoms with Crippen LogP contribution >= 0.6 is 0 Å². The van der Waals surface area contributed by atoms with Crippen LogP contribution in [0.4, 0.5) is 4.39 Å². The summed E-state index contributed by atoms with van der Waals surface area (Å²) in [5, 5.41) is 21.0. The lowest BCUT2D eigenvalue weighted by atomic mass is 10.2. The molecule has 0 fully saturated rings. The molecule has 0 amide bonds. The lowest BCUT2D eigenvalue weighted by Gasteiger charge is -2.11. The van der Waals surface area contributed by atoms with Crippen molar-refractivity contribution in [2.75, 3.05) is 6.61 Å². The van der Waals surface area contributed by atoms with Gasteiger partial charge in [0, 0.05) is 18.2 Å². The Hall–Kier alpha value is -1.13. The van der Waals surface area contributed by atoms with Crippen molar-refractivity contribution in [3.8, 4) is 5.75 Å². The minimum absolute atomic E-state index is 0.01000. The number of halogens is 1. The SMILES string of the molecule is CC(CO)NCc1cccc(F)c1O. The summed E-state index contributed by atoms with van der Waals surface area (Å²) in [5.41, 5.74) is 0.491. The van der Waals surface area contributed by atoms with Crippen molar-refractivity contribution >= 4 is 0 Å². The first-order chi connectivity index (χ1) is 6.65. The summed E-state index contributed by atoms with van der Waals surface area (Å²) in [7, 11) is 0. The molecule has 1 atom stereocenters. The van der Waals surface area contributed by atoms with E-state index in [1.807, 2.05) is 0 Å². The molecule has 0 aromatic heterocycles. The number of rotatable bonds is 4. The van der Waals surface area contributed by atoms with Gasteiger partial charge in [0.25, 0.3) is 0 Å². The quantitative estimate of drug-likeness (QED) is 0.678. The number of aromatic hydroxyl groups is 1. The molecule has 14 heavy (non-hydrogen) atoms. The summed E-state index contributed by atoms with van der Waals surface area (Å²) in [5.74, 6) is -0.953. The van der Waals surface area contributed by atoms with Crippen molar-refractivity contribution in [3.63, 3.8) is 0 Å². The Kier molecular flexibility index (Phi) is 3.85. The molecule has 3 nitrogen and oxygen atoms in total. The maximum absolute atomic E-state index is 12.9. The first-order valence-electron chi connectivity index (χ1n) is 4.45. The van der Waals surface area contributed by atoms with Crippen molar-refractivity contribution in [3.05, 3.63) is 29.6 Å². The Morgan fingerprint density at radius 1 is 1.50 bits per heavy atom. The fourth-order valence-corrected chi connectivity index (χ4v) is 1.05. The average Bonchev–Trinajstić information content (AvgIpc) is 2.20. The smallest absolute Gasteiger partial charge is 0.165 e. The fourth-order valence-electron chi connectivity index (χ4n) is 1.05. The van der Waals surface area contributed by atoms with Crippen molar-refractivity contribution in [2.45, 2.75) is 19.5 Å². The zero-order valence-corrected chi connectivity index (χ0v) is 8.00. The van der Waals surface area contributed by atoms with Crippen molar-refractivity contribution in [2.24, 2.45) is 0 Å². The Morgan fingerprint density at radius 3 is 2.86 bits per heavy atom. The summed E-state index contributed by atoms with van der Waals surface area (Å²) < 4.78 is 12.9. The van der Waals surface area contributed by atoms with Crippen molar-refractivity contribution in [1.29, 1.82) is 0 Å². The standard InChI is InChI=1S/C10H14FNO2/c1-7(6-13)12-5-8-3-2-4-9(11)10(8)14/h2-4,7,12-14H,5-6H2,1H3. The summed E-state index contributed by atoms with van der Waals surface area (Å²) in [6, 6.07) is 4.30. The van der Waals surface area contributed by atoms with Gasteiger partial charge in [0.05, 0.1) is 6.61 Å². The number of aliphatic hydroxyl groups excluding tert-OH is 1. The second-order valence-electron chi connectivity index (χ2n) is 3.21. The minimum Gasteiger partial charge on any atom is -0.505 e. The monoisotopic (exact) mass is 199 g/mol. The van der Waals surface area contributed by atoms with E-state index in [0.29, 0.717) is 12.1 Å². The van der Waals surface area contributed by atoms with Crippen LogP contribution in [0.2, 0.25) is 0 Å². The van der Waals surface area contributed by atoms with E-state index in [9.17, 15) is 9.50 Å². The number of nitrogens with one attached hydrogen (secondary N) is 1. The second-order valence-corrected chi connectivity index (χ2v) is 3.21. The third kappa shape index (κ3) is 2.68. The maximum Gasteiger partial charge on any atom is 0.165 e. The topological polar surface area (TPSA) is 52.5 Å². The van der Waals surface area contributed by atoms with E-state index < -0.39 is 5.82 Å². The van der Waals surface area contributed by atoms with Crippen LogP contribution in [0.1, 0.15) is 12.5 Å². The van der Waals surface area contributed by atoms with Crippen LogP contribution in [-0.4, -0.2) is 22.9 Å². The van der Waals surface area contributed by atoms with Crippen LogP contribution in [0.5, 0.6) is 5.75 Å². The molecule has 0 aliphatic carbocycles. The number of phenolic OH excluding ortho intramolecular Hbond substituents is 1. The second kappa shape index (κ2) is 4.93. The van der Waals surface area contributed by atoms with Gasteiger partial charge >= 0.3 is 0 Å². The summed E-state index contributed by atoms with van der Waals surface area (Å²) in [4.78, 5) is 0. The molecule has 4 heteroatoms. The molecule has 0 bridgehead atoms. The number of phenols is 1. The van der Waals surface area contributed by atoms with Crippen LogP contribution in [0.3, 0.4) is 0 Å². The van der Waals surface area contributed by atoms with Crippen LogP contribution in [0.25, 0.3) is 0 Å².